The number of methoxy groups -OCH3 is 2. The number of hydrogen-bond donors (Lipinski definition) is 1. The van der Waals surface area contributed by atoms with Crippen LogP contribution in [0, 0.1) is 0 Å². The Morgan fingerprint density at radius 3 is 1.94 bits per heavy atom. The van der Waals surface area contributed by atoms with Crippen LogP contribution < -0.4 is 19.1 Å². The number of carbonyl (C=O) groups is 2. The molecule has 0 bridgehead atoms. The minimum absolute atomic E-state index is 0.0690. The van der Waals surface area contributed by atoms with Gasteiger partial charge in [-0.2, -0.15) is 0 Å². The second-order valence-electron chi connectivity index (χ2n) is 12.0. The summed E-state index contributed by atoms with van der Waals surface area (Å²) in [5.41, 5.74) is 1.26. The minimum atomic E-state index is -4.35. The normalized spacial score (nSPS) is 12.1. The highest BCUT2D eigenvalue weighted by atomic mass is 35.5. The van der Waals surface area contributed by atoms with Gasteiger partial charge in [-0.25, -0.2) is 8.42 Å². The summed E-state index contributed by atoms with van der Waals surface area (Å²) in [6.07, 6.45) is 0.213. The SMILES string of the molecule is COc1ccc(S(=O)(=O)N(CC(=O)N(Cc2ccccc2)[C@@H](Cc2ccccc2)C(=O)NC(C)(C)C)c2ccc(Cl)cc2)cc1OC. The number of sulfonamides is 1. The Hall–Kier alpha value is -4.54. The molecule has 0 saturated carbocycles. The van der Waals surface area contributed by atoms with Crippen LogP contribution in [0.25, 0.3) is 0 Å². The van der Waals surface area contributed by atoms with E-state index in [1.807, 2.05) is 81.4 Å². The molecule has 0 saturated heterocycles. The van der Waals surface area contributed by atoms with E-state index >= 15 is 0 Å². The third kappa shape index (κ3) is 9.27. The van der Waals surface area contributed by atoms with Gasteiger partial charge in [-0.3, -0.25) is 13.9 Å². The van der Waals surface area contributed by atoms with Crippen LogP contribution in [-0.2, 0) is 32.6 Å². The number of nitrogens with zero attached hydrogens (tertiary/aromatic N) is 2. The summed E-state index contributed by atoms with van der Waals surface area (Å²) in [5.74, 6) is -0.365. The molecule has 0 aromatic heterocycles. The van der Waals surface area contributed by atoms with Gasteiger partial charge in [0, 0.05) is 29.6 Å². The topological polar surface area (TPSA) is 105 Å². The molecule has 4 aromatic rings. The lowest BCUT2D eigenvalue weighted by atomic mass is 10.0. The minimum Gasteiger partial charge on any atom is -0.493 e. The molecule has 1 atom stereocenters. The fourth-order valence-electron chi connectivity index (χ4n) is 5.03. The number of halogens is 1. The zero-order valence-corrected chi connectivity index (χ0v) is 28.7. The zero-order chi connectivity index (χ0) is 34.2. The van der Waals surface area contributed by atoms with Crippen molar-refractivity contribution in [3.8, 4) is 11.5 Å². The lowest BCUT2D eigenvalue weighted by Crippen LogP contribution is -2.56. The first kappa shape index (κ1) is 35.3. The van der Waals surface area contributed by atoms with E-state index in [1.54, 1.807) is 12.1 Å². The van der Waals surface area contributed by atoms with Gasteiger partial charge >= 0.3 is 0 Å². The monoisotopic (exact) mass is 677 g/mol. The Labute approximate surface area is 282 Å². The lowest BCUT2D eigenvalue weighted by Gasteiger charge is -2.35. The number of benzene rings is 4. The van der Waals surface area contributed by atoms with Crippen molar-refractivity contribution < 1.29 is 27.5 Å². The Morgan fingerprint density at radius 2 is 1.38 bits per heavy atom. The van der Waals surface area contributed by atoms with Crippen molar-refractivity contribution in [2.24, 2.45) is 0 Å². The predicted molar refractivity (Wildman–Crippen MR) is 184 cm³/mol. The van der Waals surface area contributed by atoms with Gasteiger partial charge < -0.3 is 19.7 Å². The van der Waals surface area contributed by atoms with Crippen molar-refractivity contribution in [3.63, 3.8) is 0 Å². The molecule has 0 fully saturated rings. The number of amides is 2. The molecule has 0 spiro atoms. The third-order valence-corrected chi connectivity index (χ3v) is 9.32. The summed E-state index contributed by atoms with van der Waals surface area (Å²) in [6.45, 7) is 5.07. The smallest absolute Gasteiger partial charge is 0.264 e. The summed E-state index contributed by atoms with van der Waals surface area (Å²) in [4.78, 5) is 29.9. The average molecular weight is 678 g/mol. The highest BCUT2D eigenvalue weighted by Gasteiger charge is 2.36. The van der Waals surface area contributed by atoms with Crippen LogP contribution in [0.4, 0.5) is 5.69 Å². The molecule has 1 N–H and O–H groups in total. The number of carbonyl (C=O) groups excluding carboxylic acids is 2. The van der Waals surface area contributed by atoms with E-state index in [0.717, 1.165) is 15.4 Å². The molecular weight excluding hydrogens is 638 g/mol. The van der Waals surface area contributed by atoms with Crippen molar-refractivity contribution in [3.05, 3.63) is 119 Å². The van der Waals surface area contributed by atoms with Crippen LogP contribution >= 0.6 is 11.6 Å². The molecule has 4 aromatic carbocycles. The number of hydrogen-bond acceptors (Lipinski definition) is 6. The van der Waals surface area contributed by atoms with Crippen molar-refractivity contribution in [1.82, 2.24) is 10.2 Å². The standard InChI is InChI=1S/C36H40ClN3O6S/c1-36(2,3)38-35(42)31(22-26-12-8-6-9-13-26)39(24-27-14-10-7-11-15-27)34(41)25-40(29-18-16-28(37)17-19-29)47(43,44)30-20-21-32(45-4)33(23-30)46-5/h6-21,23,31H,22,24-25H2,1-5H3,(H,38,42)/t31-/m0/s1. The summed E-state index contributed by atoms with van der Waals surface area (Å²) in [7, 11) is -1.49. The maximum Gasteiger partial charge on any atom is 0.264 e. The van der Waals surface area contributed by atoms with Crippen LogP contribution in [0.15, 0.2) is 108 Å². The van der Waals surface area contributed by atoms with E-state index in [-0.39, 0.29) is 35.2 Å². The Kier molecular flexibility index (Phi) is 11.5. The van der Waals surface area contributed by atoms with E-state index in [1.165, 1.54) is 49.5 Å². The van der Waals surface area contributed by atoms with Gasteiger partial charge in [0.1, 0.15) is 12.6 Å². The number of anilines is 1. The van der Waals surface area contributed by atoms with Gasteiger partial charge in [0.2, 0.25) is 11.8 Å². The van der Waals surface area contributed by atoms with Gasteiger partial charge in [-0.15, -0.1) is 0 Å². The lowest BCUT2D eigenvalue weighted by molar-refractivity contribution is -0.140. The molecule has 0 radical (unpaired) electrons. The predicted octanol–water partition coefficient (Wildman–Crippen LogP) is 6.11. The summed E-state index contributed by atoms with van der Waals surface area (Å²) in [6, 6.07) is 28.1. The van der Waals surface area contributed by atoms with E-state index in [9.17, 15) is 18.0 Å². The van der Waals surface area contributed by atoms with Gasteiger partial charge in [0.05, 0.1) is 24.8 Å². The molecule has 0 unspecified atom stereocenters. The molecule has 47 heavy (non-hydrogen) atoms. The molecule has 248 valence electrons. The van der Waals surface area contributed by atoms with Crippen molar-refractivity contribution in [2.45, 2.75) is 50.2 Å². The molecule has 0 aliphatic carbocycles. The van der Waals surface area contributed by atoms with Gasteiger partial charge in [-0.05, 0) is 68.3 Å². The first-order valence-corrected chi connectivity index (χ1v) is 16.8. The van der Waals surface area contributed by atoms with Gasteiger partial charge in [0.15, 0.2) is 11.5 Å². The van der Waals surface area contributed by atoms with Gasteiger partial charge in [-0.1, -0.05) is 72.3 Å². The highest BCUT2D eigenvalue weighted by Crippen LogP contribution is 2.33. The van der Waals surface area contributed by atoms with E-state index in [0.29, 0.717) is 10.8 Å². The van der Waals surface area contributed by atoms with Crippen LogP contribution in [-0.4, -0.2) is 57.5 Å². The van der Waals surface area contributed by atoms with Crippen LogP contribution in [0.3, 0.4) is 0 Å². The second kappa shape index (κ2) is 15.4. The Balaban J connectivity index is 1.82. The largest absolute Gasteiger partial charge is 0.493 e. The molecule has 11 heteroatoms. The van der Waals surface area contributed by atoms with E-state index in [4.69, 9.17) is 21.1 Å². The quantitative estimate of drug-likeness (QED) is 0.183. The molecule has 2 amide bonds. The summed E-state index contributed by atoms with van der Waals surface area (Å²) < 4.78 is 40.3. The van der Waals surface area contributed by atoms with Crippen molar-refractivity contribution in [2.75, 3.05) is 25.1 Å². The molecular formula is C36H40ClN3O6S. The number of rotatable bonds is 13. The first-order chi connectivity index (χ1) is 22.3. The fraction of sp³-hybridized carbons (Fsp3) is 0.278. The summed E-state index contributed by atoms with van der Waals surface area (Å²) >= 11 is 6.16. The second-order valence-corrected chi connectivity index (χ2v) is 14.3. The first-order valence-electron chi connectivity index (χ1n) is 15.0. The van der Waals surface area contributed by atoms with E-state index < -0.39 is 34.1 Å². The molecule has 0 heterocycles. The Bertz CT molecular complexity index is 1760. The maximum atomic E-state index is 14.6. The number of ether oxygens (including phenoxy) is 2. The summed E-state index contributed by atoms with van der Waals surface area (Å²) in [5, 5.41) is 3.43. The van der Waals surface area contributed by atoms with E-state index in [2.05, 4.69) is 5.32 Å². The zero-order valence-electron chi connectivity index (χ0n) is 27.1. The molecule has 0 aliphatic heterocycles. The van der Waals surface area contributed by atoms with Crippen LogP contribution in [0.1, 0.15) is 31.9 Å². The molecule has 4 rings (SSSR count). The molecule has 0 aliphatic rings. The van der Waals surface area contributed by atoms with Crippen LogP contribution in [0.2, 0.25) is 5.02 Å². The van der Waals surface area contributed by atoms with Crippen molar-refractivity contribution >= 4 is 39.1 Å². The fourth-order valence-corrected chi connectivity index (χ4v) is 6.58. The number of nitrogens with one attached hydrogen (secondary N) is 1. The van der Waals surface area contributed by atoms with Gasteiger partial charge in [0.25, 0.3) is 10.0 Å². The third-order valence-electron chi connectivity index (χ3n) is 7.30. The maximum absolute atomic E-state index is 14.6. The highest BCUT2D eigenvalue weighted by molar-refractivity contribution is 7.92. The average Bonchev–Trinajstić information content (AvgIpc) is 3.05. The Morgan fingerprint density at radius 1 is 0.809 bits per heavy atom. The molecule has 9 nitrogen and oxygen atoms in total. The van der Waals surface area contributed by atoms with Crippen molar-refractivity contribution in [1.29, 1.82) is 0 Å². The van der Waals surface area contributed by atoms with Crippen LogP contribution in [0.5, 0.6) is 11.5 Å².